The molecule has 1 unspecified atom stereocenters. The lowest BCUT2D eigenvalue weighted by atomic mass is 9.91. The summed E-state index contributed by atoms with van der Waals surface area (Å²) in [6, 6.07) is 4.04. The van der Waals surface area contributed by atoms with E-state index in [9.17, 15) is 4.79 Å². The smallest absolute Gasteiger partial charge is 0.248 e. The van der Waals surface area contributed by atoms with E-state index in [1.165, 1.54) is 12.0 Å². The second-order valence-electron chi connectivity index (χ2n) is 4.16. The second-order valence-corrected chi connectivity index (χ2v) is 4.16. The van der Waals surface area contributed by atoms with Gasteiger partial charge in [0.15, 0.2) is 0 Å². The van der Waals surface area contributed by atoms with Gasteiger partial charge in [0, 0.05) is 17.8 Å². The summed E-state index contributed by atoms with van der Waals surface area (Å²) >= 11 is 0. The molecule has 82 valence electrons. The van der Waals surface area contributed by atoms with Crippen molar-refractivity contribution in [2.45, 2.75) is 38.6 Å². The van der Waals surface area contributed by atoms with Gasteiger partial charge in [-0.2, -0.15) is 0 Å². The van der Waals surface area contributed by atoms with E-state index in [0.717, 1.165) is 31.5 Å². The van der Waals surface area contributed by atoms with Crippen LogP contribution in [0.4, 0.5) is 0 Å². The van der Waals surface area contributed by atoms with Crippen LogP contribution in [0.5, 0.6) is 0 Å². The van der Waals surface area contributed by atoms with Crippen molar-refractivity contribution in [3.05, 3.63) is 33.7 Å². The second kappa shape index (κ2) is 4.62. The molecule has 1 aliphatic rings. The Balaban J connectivity index is 2.22. The van der Waals surface area contributed by atoms with E-state index in [1.54, 1.807) is 6.07 Å². The van der Waals surface area contributed by atoms with E-state index >= 15 is 0 Å². The zero-order valence-corrected chi connectivity index (χ0v) is 9.18. The number of H-pyrrole nitrogens is 1. The average Bonchev–Trinajstić information content (AvgIpc) is 2.25. The first-order valence-corrected chi connectivity index (χ1v) is 5.76. The Hall–Kier alpha value is -1.09. The number of rotatable bonds is 3. The van der Waals surface area contributed by atoms with E-state index in [4.69, 9.17) is 0 Å². The van der Waals surface area contributed by atoms with Crippen LogP contribution in [0.1, 0.15) is 43.5 Å². The SMILES string of the molecule is CCCNC1CCCc2[nH]c(=O)ccc21. The summed E-state index contributed by atoms with van der Waals surface area (Å²) in [6.07, 6.45) is 4.50. The lowest BCUT2D eigenvalue weighted by Crippen LogP contribution is -2.27. The minimum absolute atomic E-state index is 0.0184. The predicted octanol–water partition coefficient (Wildman–Crippen LogP) is 1.75. The number of aryl methyl sites for hydroxylation is 1. The molecule has 3 nitrogen and oxygen atoms in total. The van der Waals surface area contributed by atoms with Crippen molar-refractivity contribution in [1.29, 1.82) is 0 Å². The normalized spacial score (nSPS) is 19.9. The molecule has 0 radical (unpaired) electrons. The van der Waals surface area contributed by atoms with Crippen LogP contribution in [-0.2, 0) is 6.42 Å². The molecule has 0 saturated carbocycles. The van der Waals surface area contributed by atoms with Gasteiger partial charge in [-0.05, 0) is 37.8 Å². The van der Waals surface area contributed by atoms with Crippen molar-refractivity contribution in [2.24, 2.45) is 0 Å². The molecule has 1 atom stereocenters. The van der Waals surface area contributed by atoms with Crippen molar-refractivity contribution >= 4 is 0 Å². The maximum Gasteiger partial charge on any atom is 0.248 e. The Kier molecular flexibility index (Phi) is 3.21. The van der Waals surface area contributed by atoms with Crippen molar-refractivity contribution in [1.82, 2.24) is 10.3 Å². The number of aromatic nitrogens is 1. The highest BCUT2D eigenvalue weighted by Gasteiger charge is 2.19. The van der Waals surface area contributed by atoms with Crippen molar-refractivity contribution in [3.8, 4) is 0 Å². The fourth-order valence-corrected chi connectivity index (χ4v) is 2.23. The van der Waals surface area contributed by atoms with Gasteiger partial charge in [-0.25, -0.2) is 0 Å². The summed E-state index contributed by atoms with van der Waals surface area (Å²) in [5.41, 5.74) is 2.43. The third kappa shape index (κ3) is 2.29. The summed E-state index contributed by atoms with van der Waals surface area (Å²) in [5.74, 6) is 0. The van der Waals surface area contributed by atoms with Crippen LogP contribution in [0.3, 0.4) is 0 Å². The first-order valence-electron chi connectivity index (χ1n) is 5.76. The zero-order chi connectivity index (χ0) is 10.7. The van der Waals surface area contributed by atoms with Gasteiger partial charge in [0.2, 0.25) is 5.56 Å². The van der Waals surface area contributed by atoms with Gasteiger partial charge in [-0.3, -0.25) is 4.79 Å². The van der Waals surface area contributed by atoms with Crippen LogP contribution in [0, 0.1) is 0 Å². The number of nitrogens with one attached hydrogen (secondary N) is 2. The van der Waals surface area contributed by atoms with Gasteiger partial charge in [-0.15, -0.1) is 0 Å². The molecule has 0 amide bonds. The largest absolute Gasteiger partial charge is 0.326 e. The standard InChI is InChI=1S/C12H18N2O/c1-2-8-13-10-4-3-5-11-9(10)6-7-12(15)14-11/h6-7,10,13H,2-5,8H2,1H3,(H,14,15). The molecular weight excluding hydrogens is 188 g/mol. The molecule has 3 heteroatoms. The van der Waals surface area contributed by atoms with Crippen molar-refractivity contribution < 1.29 is 0 Å². The van der Waals surface area contributed by atoms with E-state index < -0.39 is 0 Å². The topological polar surface area (TPSA) is 44.9 Å². The van der Waals surface area contributed by atoms with Gasteiger partial charge >= 0.3 is 0 Å². The lowest BCUT2D eigenvalue weighted by Gasteiger charge is -2.25. The Morgan fingerprint density at radius 1 is 1.53 bits per heavy atom. The van der Waals surface area contributed by atoms with Crippen LogP contribution >= 0.6 is 0 Å². The molecule has 1 heterocycles. The summed E-state index contributed by atoms with van der Waals surface area (Å²) in [6.45, 7) is 3.22. The molecule has 0 saturated heterocycles. The number of hydrogen-bond donors (Lipinski definition) is 2. The molecule has 0 spiro atoms. The molecule has 1 aromatic rings. The number of fused-ring (bicyclic) bond motifs is 1. The zero-order valence-electron chi connectivity index (χ0n) is 9.18. The molecule has 1 aliphatic carbocycles. The van der Waals surface area contributed by atoms with Crippen LogP contribution in [0.25, 0.3) is 0 Å². The minimum atomic E-state index is 0.0184. The van der Waals surface area contributed by atoms with Gasteiger partial charge in [0.1, 0.15) is 0 Å². The minimum Gasteiger partial charge on any atom is -0.326 e. The summed E-state index contributed by atoms with van der Waals surface area (Å²) < 4.78 is 0. The molecule has 0 aliphatic heterocycles. The van der Waals surface area contributed by atoms with Crippen LogP contribution in [0.15, 0.2) is 16.9 Å². The molecule has 15 heavy (non-hydrogen) atoms. The van der Waals surface area contributed by atoms with E-state index in [-0.39, 0.29) is 5.56 Å². The highest BCUT2D eigenvalue weighted by Crippen LogP contribution is 2.27. The maximum atomic E-state index is 11.2. The third-order valence-corrected chi connectivity index (χ3v) is 2.97. The van der Waals surface area contributed by atoms with Crippen LogP contribution in [0.2, 0.25) is 0 Å². The molecule has 2 rings (SSSR count). The maximum absolute atomic E-state index is 11.2. The van der Waals surface area contributed by atoms with Crippen molar-refractivity contribution in [3.63, 3.8) is 0 Å². The van der Waals surface area contributed by atoms with Gasteiger partial charge < -0.3 is 10.3 Å². The Bertz CT molecular complexity index is 383. The van der Waals surface area contributed by atoms with E-state index in [2.05, 4.69) is 17.2 Å². The Labute approximate surface area is 89.9 Å². The van der Waals surface area contributed by atoms with Crippen LogP contribution < -0.4 is 10.9 Å². The number of pyridine rings is 1. The number of aromatic amines is 1. The highest BCUT2D eigenvalue weighted by molar-refractivity contribution is 5.26. The summed E-state index contributed by atoms with van der Waals surface area (Å²) in [5, 5.41) is 3.52. The van der Waals surface area contributed by atoms with Crippen LogP contribution in [-0.4, -0.2) is 11.5 Å². The highest BCUT2D eigenvalue weighted by atomic mass is 16.1. The molecule has 0 bridgehead atoms. The van der Waals surface area contributed by atoms with E-state index in [0.29, 0.717) is 6.04 Å². The fraction of sp³-hybridized carbons (Fsp3) is 0.583. The quantitative estimate of drug-likeness (QED) is 0.791. The summed E-state index contributed by atoms with van der Waals surface area (Å²) in [7, 11) is 0. The summed E-state index contributed by atoms with van der Waals surface area (Å²) in [4.78, 5) is 14.1. The molecule has 1 aromatic heterocycles. The molecular formula is C12H18N2O. The van der Waals surface area contributed by atoms with Crippen molar-refractivity contribution in [2.75, 3.05) is 6.54 Å². The fourth-order valence-electron chi connectivity index (χ4n) is 2.23. The predicted molar refractivity (Wildman–Crippen MR) is 61.0 cm³/mol. The Morgan fingerprint density at radius 2 is 2.40 bits per heavy atom. The molecule has 0 aromatic carbocycles. The number of hydrogen-bond acceptors (Lipinski definition) is 2. The lowest BCUT2D eigenvalue weighted by molar-refractivity contribution is 0.455. The van der Waals surface area contributed by atoms with Gasteiger partial charge in [0.25, 0.3) is 0 Å². The molecule has 2 N–H and O–H groups in total. The average molecular weight is 206 g/mol. The van der Waals surface area contributed by atoms with E-state index in [1.807, 2.05) is 6.07 Å². The Morgan fingerprint density at radius 3 is 3.20 bits per heavy atom. The first kappa shape index (κ1) is 10.4. The van der Waals surface area contributed by atoms with Gasteiger partial charge in [0.05, 0.1) is 0 Å². The monoisotopic (exact) mass is 206 g/mol. The first-order chi connectivity index (χ1) is 7.31. The third-order valence-electron chi connectivity index (χ3n) is 2.97. The van der Waals surface area contributed by atoms with Gasteiger partial charge in [-0.1, -0.05) is 13.0 Å². The molecule has 0 fully saturated rings.